The van der Waals surface area contributed by atoms with E-state index in [4.69, 9.17) is 9.47 Å². The smallest absolute Gasteiger partial charge is 0.338 e. The molecular weight excluding hydrogens is 356 g/mol. The van der Waals surface area contributed by atoms with Crippen LogP contribution in [0.2, 0.25) is 0 Å². The average Bonchev–Trinajstić information content (AvgIpc) is 2.73. The molecule has 150 valence electrons. The lowest BCUT2D eigenvalue weighted by Gasteiger charge is -2.21. The molecule has 0 aliphatic heterocycles. The van der Waals surface area contributed by atoms with E-state index in [1.807, 2.05) is 43.3 Å². The molecule has 6 nitrogen and oxygen atoms in total. The second kappa shape index (κ2) is 10.3. The topological polar surface area (TPSA) is 67.9 Å². The zero-order valence-corrected chi connectivity index (χ0v) is 16.9. The molecule has 0 aliphatic carbocycles. The summed E-state index contributed by atoms with van der Waals surface area (Å²) >= 11 is 0. The number of nitrogens with one attached hydrogen (secondary N) is 1. The number of hydrogen-bond donors (Lipinski definition) is 1. The van der Waals surface area contributed by atoms with Gasteiger partial charge in [0.15, 0.2) is 6.61 Å². The summed E-state index contributed by atoms with van der Waals surface area (Å²) in [6.45, 7) is 7.46. The minimum atomic E-state index is -0.522. The average molecular weight is 384 g/mol. The van der Waals surface area contributed by atoms with Crippen molar-refractivity contribution in [3.8, 4) is 5.75 Å². The number of ether oxygens (including phenoxy) is 2. The maximum atomic E-state index is 12.2. The van der Waals surface area contributed by atoms with Gasteiger partial charge in [-0.3, -0.25) is 4.79 Å². The first-order chi connectivity index (χ1) is 13.5. The summed E-state index contributed by atoms with van der Waals surface area (Å²) in [7, 11) is 1.58. The Hall–Kier alpha value is -3.02. The van der Waals surface area contributed by atoms with Crippen molar-refractivity contribution in [1.29, 1.82) is 0 Å². The molecule has 0 saturated carbocycles. The van der Waals surface area contributed by atoms with Gasteiger partial charge in [-0.25, -0.2) is 4.79 Å². The lowest BCUT2D eigenvalue weighted by molar-refractivity contribution is -0.124. The van der Waals surface area contributed by atoms with Gasteiger partial charge in [-0.15, -0.1) is 0 Å². The summed E-state index contributed by atoms with van der Waals surface area (Å²) in [6.07, 6.45) is 0. The van der Waals surface area contributed by atoms with Gasteiger partial charge in [-0.1, -0.05) is 18.2 Å². The van der Waals surface area contributed by atoms with Crippen LogP contribution in [-0.4, -0.2) is 38.7 Å². The Labute approximate surface area is 166 Å². The SMILES string of the molecule is CCN(CC)c1ccc(C(=O)OCC(=O)NC(C)c2ccccc2OC)cc1. The second-order valence-electron chi connectivity index (χ2n) is 6.33. The fraction of sp³-hybridized carbons (Fsp3) is 0.364. The highest BCUT2D eigenvalue weighted by molar-refractivity contribution is 5.91. The van der Waals surface area contributed by atoms with E-state index in [2.05, 4.69) is 24.1 Å². The van der Waals surface area contributed by atoms with Gasteiger partial charge in [0.25, 0.3) is 5.91 Å². The highest BCUT2D eigenvalue weighted by Gasteiger charge is 2.16. The molecule has 1 atom stereocenters. The normalized spacial score (nSPS) is 11.4. The van der Waals surface area contributed by atoms with Gasteiger partial charge in [0.2, 0.25) is 0 Å². The molecule has 2 aromatic carbocycles. The van der Waals surface area contributed by atoms with Gasteiger partial charge in [-0.05, 0) is 51.1 Å². The monoisotopic (exact) mass is 384 g/mol. The molecule has 0 aliphatic rings. The van der Waals surface area contributed by atoms with E-state index in [1.54, 1.807) is 19.2 Å². The van der Waals surface area contributed by atoms with Crippen molar-refractivity contribution in [1.82, 2.24) is 5.32 Å². The van der Waals surface area contributed by atoms with Crippen LogP contribution in [0.4, 0.5) is 5.69 Å². The number of benzene rings is 2. The summed E-state index contributed by atoms with van der Waals surface area (Å²) in [5, 5.41) is 2.81. The molecule has 0 spiro atoms. The summed E-state index contributed by atoms with van der Waals surface area (Å²) in [5.41, 5.74) is 2.32. The number of carbonyl (C=O) groups is 2. The Morgan fingerprint density at radius 1 is 1.04 bits per heavy atom. The summed E-state index contributed by atoms with van der Waals surface area (Å²) in [5.74, 6) is -0.196. The van der Waals surface area contributed by atoms with Gasteiger partial charge in [0.05, 0.1) is 18.7 Å². The van der Waals surface area contributed by atoms with Gasteiger partial charge >= 0.3 is 5.97 Å². The number of nitrogens with zero attached hydrogens (tertiary/aromatic N) is 1. The maximum Gasteiger partial charge on any atom is 0.338 e. The summed E-state index contributed by atoms with van der Waals surface area (Å²) in [4.78, 5) is 26.5. The van der Waals surface area contributed by atoms with Crippen molar-refractivity contribution in [3.05, 3.63) is 59.7 Å². The molecule has 0 fully saturated rings. The Balaban J connectivity index is 1.89. The molecule has 1 N–H and O–H groups in total. The van der Waals surface area contributed by atoms with Crippen LogP contribution in [0.5, 0.6) is 5.75 Å². The molecule has 2 rings (SSSR count). The molecule has 0 bridgehead atoms. The predicted octanol–water partition coefficient (Wildman–Crippen LogP) is 3.58. The zero-order chi connectivity index (χ0) is 20.5. The first-order valence-corrected chi connectivity index (χ1v) is 9.44. The number of esters is 1. The van der Waals surface area contributed by atoms with Crippen molar-refractivity contribution in [2.75, 3.05) is 31.7 Å². The fourth-order valence-electron chi connectivity index (χ4n) is 3.00. The van der Waals surface area contributed by atoms with Crippen LogP contribution in [0.25, 0.3) is 0 Å². The van der Waals surface area contributed by atoms with Crippen LogP contribution in [0, 0.1) is 0 Å². The molecule has 0 radical (unpaired) electrons. The van der Waals surface area contributed by atoms with E-state index in [0.29, 0.717) is 11.3 Å². The molecule has 0 heterocycles. The molecule has 2 aromatic rings. The van der Waals surface area contributed by atoms with Crippen LogP contribution in [-0.2, 0) is 9.53 Å². The van der Waals surface area contributed by atoms with Gasteiger partial charge in [0.1, 0.15) is 5.75 Å². The molecule has 1 amide bonds. The van der Waals surface area contributed by atoms with Crippen LogP contribution in [0.1, 0.15) is 42.7 Å². The predicted molar refractivity (Wildman–Crippen MR) is 110 cm³/mol. The van der Waals surface area contributed by atoms with E-state index in [9.17, 15) is 9.59 Å². The first-order valence-electron chi connectivity index (χ1n) is 9.44. The van der Waals surface area contributed by atoms with Crippen LogP contribution < -0.4 is 15.0 Å². The minimum absolute atomic E-state index is 0.268. The first kappa shape index (κ1) is 21.3. The maximum absolute atomic E-state index is 12.2. The zero-order valence-electron chi connectivity index (χ0n) is 16.9. The summed E-state index contributed by atoms with van der Waals surface area (Å²) in [6, 6.07) is 14.4. The number of carbonyl (C=O) groups excluding carboxylic acids is 2. The molecule has 28 heavy (non-hydrogen) atoms. The molecule has 6 heteroatoms. The second-order valence-corrected chi connectivity index (χ2v) is 6.33. The fourth-order valence-corrected chi connectivity index (χ4v) is 3.00. The van der Waals surface area contributed by atoms with Gasteiger partial charge in [0, 0.05) is 24.3 Å². The third-order valence-electron chi connectivity index (χ3n) is 4.55. The highest BCUT2D eigenvalue weighted by atomic mass is 16.5. The number of rotatable bonds is 9. The van der Waals surface area contributed by atoms with Crippen molar-refractivity contribution < 1.29 is 19.1 Å². The Kier molecular flexibility index (Phi) is 7.87. The van der Waals surface area contributed by atoms with Gasteiger partial charge in [-0.2, -0.15) is 0 Å². The molecule has 0 saturated heterocycles. The minimum Gasteiger partial charge on any atom is -0.496 e. The lowest BCUT2D eigenvalue weighted by Crippen LogP contribution is -2.31. The molecule has 0 aromatic heterocycles. The molecular formula is C22H28N2O4. The Morgan fingerprint density at radius 3 is 2.29 bits per heavy atom. The van der Waals surface area contributed by atoms with E-state index < -0.39 is 5.97 Å². The largest absolute Gasteiger partial charge is 0.496 e. The van der Waals surface area contributed by atoms with E-state index in [0.717, 1.165) is 24.3 Å². The highest BCUT2D eigenvalue weighted by Crippen LogP contribution is 2.24. The molecule has 1 unspecified atom stereocenters. The van der Waals surface area contributed by atoms with E-state index >= 15 is 0 Å². The Bertz CT molecular complexity index is 785. The number of para-hydroxylation sites is 1. The number of anilines is 1. The van der Waals surface area contributed by atoms with Crippen molar-refractivity contribution >= 4 is 17.6 Å². The lowest BCUT2D eigenvalue weighted by atomic mass is 10.1. The van der Waals surface area contributed by atoms with Crippen LogP contribution >= 0.6 is 0 Å². The van der Waals surface area contributed by atoms with Crippen LogP contribution in [0.15, 0.2) is 48.5 Å². The van der Waals surface area contributed by atoms with Crippen molar-refractivity contribution in [3.63, 3.8) is 0 Å². The van der Waals surface area contributed by atoms with Crippen LogP contribution in [0.3, 0.4) is 0 Å². The van der Waals surface area contributed by atoms with Crippen molar-refractivity contribution in [2.24, 2.45) is 0 Å². The Morgan fingerprint density at radius 2 is 1.68 bits per heavy atom. The third-order valence-corrected chi connectivity index (χ3v) is 4.55. The quantitative estimate of drug-likeness (QED) is 0.670. The van der Waals surface area contributed by atoms with E-state index in [1.165, 1.54) is 0 Å². The van der Waals surface area contributed by atoms with Crippen molar-refractivity contribution in [2.45, 2.75) is 26.8 Å². The standard InChI is InChI=1S/C22H28N2O4/c1-5-24(6-2)18-13-11-17(12-14-18)22(26)28-15-21(25)23-16(3)19-9-7-8-10-20(19)27-4/h7-14,16H,5-6,15H2,1-4H3,(H,23,25). The number of methoxy groups -OCH3 is 1. The number of amides is 1. The summed E-state index contributed by atoms with van der Waals surface area (Å²) < 4.78 is 10.4. The van der Waals surface area contributed by atoms with Gasteiger partial charge < -0.3 is 19.7 Å². The van der Waals surface area contributed by atoms with E-state index in [-0.39, 0.29) is 18.6 Å². The number of hydrogen-bond acceptors (Lipinski definition) is 5. The third kappa shape index (κ3) is 5.49.